The van der Waals surface area contributed by atoms with Crippen LogP contribution in [0.5, 0.6) is 0 Å². The van der Waals surface area contributed by atoms with Crippen LogP contribution in [0.25, 0.3) is 0 Å². The van der Waals surface area contributed by atoms with Crippen LogP contribution < -0.4 is 5.73 Å². The molecule has 2 atom stereocenters. The van der Waals surface area contributed by atoms with Crippen LogP contribution in [0.3, 0.4) is 0 Å². The molecule has 118 valence electrons. The number of hydrogen-bond donors (Lipinski definition) is 1. The highest BCUT2D eigenvalue weighted by molar-refractivity contribution is 9.10. The van der Waals surface area contributed by atoms with E-state index in [2.05, 4.69) is 39.9 Å². The van der Waals surface area contributed by atoms with Crippen LogP contribution in [0.1, 0.15) is 31.9 Å². The molecular weight excluding hydrogens is 330 g/mol. The van der Waals surface area contributed by atoms with E-state index in [1.807, 2.05) is 19.1 Å². The maximum atomic E-state index is 12.1. The summed E-state index contributed by atoms with van der Waals surface area (Å²) >= 11 is 3.51. The lowest BCUT2D eigenvalue weighted by molar-refractivity contribution is -0.130. The molecule has 0 aliphatic rings. The highest BCUT2D eigenvalue weighted by Crippen LogP contribution is 2.26. The van der Waals surface area contributed by atoms with E-state index in [1.54, 1.807) is 19.0 Å². The summed E-state index contributed by atoms with van der Waals surface area (Å²) in [5.41, 5.74) is 7.36. The summed E-state index contributed by atoms with van der Waals surface area (Å²) in [6.07, 6.45) is 0.984. The minimum absolute atomic E-state index is 0.0337. The molecule has 1 rings (SSSR count). The Morgan fingerprint density at radius 1 is 1.38 bits per heavy atom. The quantitative estimate of drug-likeness (QED) is 0.817. The molecule has 21 heavy (non-hydrogen) atoms. The van der Waals surface area contributed by atoms with Gasteiger partial charge in [-0.1, -0.05) is 35.0 Å². The van der Waals surface area contributed by atoms with E-state index >= 15 is 0 Å². The van der Waals surface area contributed by atoms with Gasteiger partial charge < -0.3 is 10.6 Å². The molecule has 0 heterocycles. The number of amides is 1. The summed E-state index contributed by atoms with van der Waals surface area (Å²) in [6, 6.07) is 8.13. The maximum absolute atomic E-state index is 12.1. The Morgan fingerprint density at radius 2 is 2.05 bits per heavy atom. The average molecular weight is 356 g/mol. The number of hydrogen-bond acceptors (Lipinski definition) is 3. The van der Waals surface area contributed by atoms with Gasteiger partial charge in [-0.3, -0.25) is 9.69 Å². The van der Waals surface area contributed by atoms with Gasteiger partial charge in [0, 0.05) is 24.6 Å². The molecule has 0 bridgehead atoms. The molecule has 0 spiro atoms. The Hall–Kier alpha value is -0.910. The normalized spacial score (nSPS) is 14.0. The van der Waals surface area contributed by atoms with E-state index in [9.17, 15) is 4.79 Å². The molecule has 0 aliphatic carbocycles. The van der Waals surface area contributed by atoms with Gasteiger partial charge in [0.2, 0.25) is 5.91 Å². The Balaban J connectivity index is 3.05. The maximum Gasteiger partial charge on any atom is 0.236 e. The van der Waals surface area contributed by atoms with Crippen molar-refractivity contribution in [1.29, 1.82) is 0 Å². The molecule has 5 heteroatoms. The number of carbonyl (C=O) groups excluding carboxylic acids is 1. The second kappa shape index (κ2) is 8.51. The predicted molar refractivity (Wildman–Crippen MR) is 91.1 cm³/mol. The van der Waals surface area contributed by atoms with Crippen molar-refractivity contribution in [1.82, 2.24) is 9.80 Å². The first-order valence-electron chi connectivity index (χ1n) is 7.32. The van der Waals surface area contributed by atoms with E-state index < -0.39 is 0 Å². The van der Waals surface area contributed by atoms with Crippen molar-refractivity contribution in [3.05, 3.63) is 34.3 Å². The third-order valence-electron chi connectivity index (χ3n) is 3.43. The summed E-state index contributed by atoms with van der Waals surface area (Å²) in [7, 11) is 3.57. The van der Waals surface area contributed by atoms with Gasteiger partial charge in [0.05, 0.1) is 12.6 Å². The zero-order chi connectivity index (χ0) is 16.0. The van der Waals surface area contributed by atoms with Gasteiger partial charge in [0.25, 0.3) is 0 Å². The van der Waals surface area contributed by atoms with Gasteiger partial charge in [-0.05, 0) is 37.6 Å². The minimum atomic E-state index is -0.0548. The molecule has 0 fully saturated rings. The molecule has 0 saturated heterocycles. The number of carbonyl (C=O) groups is 1. The Morgan fingerprint density at radius 3 is 2.52 bits per heavy atom. The van der Waals surface area contributed by atoms with Gasteiger partial charge in [0.1, 0.15) is 0 Å². The molecule has 1 aromatic carbocycles. The summed E-state index contributed by atoms with van der Waals surface area (Å²) < 4.78 is 1.03. The first kappa shape index (κ1) is 18.1. The number of benzene rings is 1. The molecule has 4 nitrogen and oxygen atoms in total. The standard InChI is InChI=1S/C16H26BrN3O/c1-5-9-20(11-15(21)19(3)4)16(12(2)18)13-7-6-8-14(17)10-13/h6-8,10,12,16H,5,9,11,18H2,1-4H3. The van der Waals surface area contributed by atoms with E-state index in [1.165, 1.54) is 0 Å². The molecule has 0 radical (unpaired) electrons. The molecule has 0 aliphatic heterocycles. The molecule has 1 aromatic rings. The van der Waals surface area contributed by atoms with E-state index in [0.717, 1.165) is 23.0 Å². The second-order valence-electron chi connectivity index (χ2n) is 5.62. The summed E-state index contributed by atoms with van der Waals surface area (Å²) in [4.78, 5) is 15.9. The van der Waals surface area contributed by atoms with Crippen molar-refractivity contribution in [2.45, 2.75) is 32.4 Å². The highest BCUT2D eigenvalue weighted by Gasteiger charge is 2.26. The largest absolute Gasteiger partial charge is 0.348 e. The van der Waals surface area contributed by atoms with E-state index in [-0.39, 0.29) is 18.0 Å². The fraction of sp³-hybridized carbons (Fsp3) is 0.562. The van der Waals surface area contributed by atoms with Gasteiger partial charge >= 0.3 is 0 Å². The van der Waals surface area contributed by atoms with Crippen LogP contribution in [0.15, 0.2) is 28.7 Å². The first-order valence-corrected chi connectivity index (χ1v) is 8.11. The number of rotatable bonds is 7. The van der Waals surface area contributed by atoms with Crippen molar-refractivity contribution in [3.8, 4) is 0 Å². The van der Waals surface area contributed by atoms with Gasteiger partial charge in [-0.2, -0.15) is 0 Å². The van der Waals surface area contributed by atoms with Crippen molar-refractivity contribution in [2.75, 3.05) is 27.2 Å². The van der Waals surface area contributed by atoms with Crippen LogP contribution in [-0.2, 0) is 4.79 Å². The molecular formula is C16H26BrN3O. The monoisotopic (exact) mass is 355 g/mol. The Bertz CT molecular complexity index is 463. The van der Waals surface area contributed by atoms with Gasteiger partial charge in [-0.25, -0.2) is 0 Å². The summed E-state index contributed by atoms with van der Waals surface area (Å²) in [6.45, 7) is 5.35. The van der Waals surface area contributed by atoms with Crippen LogP contribution in [0.2, 0.25) is 0 Å². The van der Waals surface area contributed by atoms with Crippen LogP contribution in [0.4, 0.5) is 0 Å². The zero-order valence-corrected chi connectivity index (χ0v) is 14.9. The van der Waals surface area contributed by atoms with Crippen molar-refractivity contribution in [2.24, 2.45) is 5.73 Å². The minimum Gasteiger partial charge on any atom is -0.348 e. The lowest BCUT2D eigenvalue weighted by Gasteiger charge is -2.34. The van der Waals surface area contributed by atoms with E-state index in [4.69, 9.17) is 5.73 Å². The zero-order valence-electron chi connectivity index (χ0n) is 13.3. The van der Waals surface area contributed by atoms with E-state index in [0.29, 0.717) is 6.54 Å². The topological polar surface area (TPSA) is 49.6 Å². The number of nitrogens with two attached hydrogens (primary N) is 1. The Kier molecular flexibility index (Phi) is 7.35. The molecule has 0 saturated carbocycles. The average Bonchev–Trinajstić information content (AvgIpc) is 2.38. The SMILES string of the molecule is CCCN(CC(=O)N(C)C)C(c1cccc(Br)c1)C(C)N. The first-order chi connectivity index (χ1) is 9.86. The molecule has 2 unspecified atom stereocenters. The predicted octanol–water partition coefficient (Wildman–Crippen LogP) is 2.64. The molecule has 2 N–H and O–H groups in total. The van der Waals surface area contributed by atoms with Crippen LogP contribution >= 0.6 is 15.9 Å². The van der Waals surface area contributed by atoms with Crippen LogP contribution in [-0.4, -0.2) is 48.9 Å². The highest BCUT2D eigenvalue weighted by atomic mass is 79.9. The van der Waals surface area contributed by atoms with Crippen molar-refractivity contribution in [3.63, 3.8) is 0 Å². The lowest BCUT2D eigenvalue weighted by Crippen LogP contribution is -2.44. The van der Waals surface area contributed by atoms with Crippen molar-refractivity contribution >= 4 is 21.8 Å². The molecule has 0 aromatic heterocycles. The molecule has 1 amide bonds. The number of likely N-dealkylation sites (N-methyl/N-ethyl adjacent to an activating group) is 1. The van der Waals surface area contributed by atoms with Crippen molar-refractivity contribution < 1.29 is 4.79 Å². The third kappa shape index (κ3) is 5.41. The number of nitrogens with zero attached hydrogens (tertiary/aromatic N) is 2. The smallest absolute Gasteiger partial charge is 0.236 e. The third-order valence-corrected chi connectivity index (χ3v) is 3.92. The fourth-order valence-corrected chi connectivity index (χ4v) is 2.87. The van der Waals surface area contributed by atoms with Crippen LogP contribution in [0, 0.1) is 0 Å². The number of halogens is 1. The van der Waals surface area contributed by atoms with Gasteiger partial charge in [-0.15, -0.1) is 0 Å². The summed E-state index contributed by atoms with van der Waals surface area (Å²) in [5, 5.41) is 0. The van der Waals surface area contributed by atoms with Gasteiger partial charge in [0.15, 0.2) is 0 Å². The fourth-order valence-electron chi connectivity index (χ4n) is 2.46. The second-order valence-corrected chi connectivity index (χ2v) is 6.53. The lowest BCUT2D eigenvalue weighted by atomic mass is 9.99. The Labute approximate surface area is 136 Å². The summed E-state index contributed by atoms with van der Waals surface area (Å²) in [5.74, 6) is 0.101.